The van der Waals surface area contributed by atoms with Crippen molar-refractivity contribution >= 4 is 0 Å². The van der Waals surface area contributed by atoms with Gasteiger partial charge in [0.1, 0.15) is 0 Å². The summed E-state index contributed by atoms with van der Waals surface area (Å²) in [5, 5.41) is 19.6. The maximum Gasteiger partial charge on any atom is 0.181 e. The molecule has 7 heteroatoms. The highest BCUT2D eigenvalue weighted by atomic mass is 15.5. The standard InChI is InChI=1S/C21H27N7/c1-3-21(10-7-11-21)19-18(20-24-26-27-25-20)17(14-12-22-28(2)13-14)15-8-5-4-6-9-16(15)23-19/h12-13H,3-11H2,1-2H3,(H,24,25,26,27). The number of fused-ring (bicyclic) bond motifs is 1. The highest BCUT2D eigenvalue weighted by Crippen LogP contribution is 2.51. The Balaban J connectivity index is 1.86. The maximum atomic E-state index is 5.34. The molecule has 0 aromatic carbocycles. The van der Waals surface area contributed by atoms with E-state index in [1.165, 1.54) is 61.0 Å². The number of hydrogen-bond donors (Lipinski definition) is 1. The van der Waals surface area contributed by atoms with Crippen molar-refractivity contribution in [1.82, 2.24) is 35.4 Å². The Morgan fingerprint density at radius 1 is 1.11 bits per heavy atom. The largest absolute Gasteiger partial charge is 0.275 e. The molecule has 1 fully saturated rings. The van der Waals surface area contributed by atoms with Gasteiger partial charge < -0.3 is 0 Å². The second-order valence-corrected chi connectivity index (χ2v) is 8.34. The molecule has 0 atom stereocenters. The minimum atomic E-state index is 0.139. The Hall–Kier alpha value is -2.57. The van der Waals surface area contributed by atoms with E-state index in [9.17, 15) is 0 Å². The molecule has 0 unspecified atom stereocenters. The van der Waals surface area contributed by atoms with Gasteiger partial charge in [0.25, 0.3) is 0 Å². The zero-order chi connectivity index (χ0) is 19.1. The van der Waals surface area contributed by atoms with Crippen LogP contribution in [0.5, 0.6) is 0 Å². The van der Waals surface area contributed by atoms with Crippen molar-refractivity contribution in [2.24, 2.45) is 7.05 Å². The van der Waals surface area contributed by atoms with E-state index in [1.807, 2.05) is 17.9 Å². The Morgan fingerprint density at radius 3 is 2.61 bits per heavy atom. The normalized spacial score (nSPS) is 18.4. The summed E-state index contributed by atoms with van der Waals surface area (Å²) < 4.78 is 1.87. The fourth-order valence-corrected chi connectivity index (χ4v) is 5.03. The van der Waals surface area contributed by atoms with Gasteiger partial charge in [0.2, 0.25) is 0 Å². The molecule has 3 heterocycles. The third-order valence-electron chi connectivity index (χ3n) is 6.79. The molecule has 28 heavy (non-hydrogen) atoms. The number of rotatable bonds is 4. The first-order valence-corrected chi connectivity index (χ1v) is 10.5. The SMILES string of the molecule is CCC1(c2nc3c(c(-c4cnn(C)c4)c2-c2nnn[nH]2)CCCCC3)CCC1. The molecule has 0 amide bonds. The summed E-state index contributed by atoms with van der Waals surface area (Å²) in [4.78, 5) is 5.34. The molecular formula is C21H27N7. The number of aryl methyl sites for hydroxylation is 2. The predicted molar refractivity (Wildman–Crippen MR) is 107 cm³/mol. The lowest BCUT2D eigenvalue weighted by atomic mass is 9.63. The quantitative estimate of drug-likeness (QED) is 0.700. The van der Waals surface area contributed by atoms with Crippen LogP contribution in [0.1, 0.15) is 68.8 Å². The van der Waals surface area contributed by atoms with Gasteiger partial charge in [-0.3, -0.25) is 9.67 Å². The molecule has 7 nitrogen and oxygen atoms in total. The van der Waals surface area contributed by atoms with Crippen LogP contribution in [0.25, 0.3) is 22.5 Å². The lowest BCUT2D eigenvalue weighted by Crippen LogP contribution is -2.35. The number of hydrogen-bond acceptors (Lipinski definition) is 5. The summed E-state index contributed by atoms with van der Waals surface area (Å²) >= 11 is 0. The van der Waals surface area contributed by atoms with Crippen molar-refractivity contribution < 1.29 is 0 Å². The summed E-state index contributed by atoms with van der Waals surface area (Å²) in [5.41, 5.74) is 7.46. The number of nitrogens with zero attached hydrogens (tertiary/aromatic N) is 6. The Kier molecular flexibility index (Phi) is 4.25. The summed E-state index contributed by atoms with van der Waals surface area (Å²) in [6.45, 7) is 2.29. The average Bonchev–Trinajstić information content (AvgIpc) is 3.28. The van der Waals surface area contributed by atoms with Crippen LogP contribution < -0.4 is 0 Å². The van der Waals surface area contributed by atoms with E-state index in [1.54, 1.807) is 0 Å². The molecule has 0 radical (unpaired) electrons. The van der Waals surface area contributed by atoms with E-state index in [0.29, 0.717) is 0 Å². The average molecular weight is 377 g/mol. The smallest absolute Gasteiger partial charge is 0.181 e. The van der Waals surface area contributed by atoms with E-state index in [2.05, 4.69) is 38.8 Å². The second kappa shape index (κ2) is 6.79. The fraction of sp³-hybridized carbons (Fsp3) is 0.571. The van der Waals surface area contributed by atoms with Crippen molar-refractivity contribution in [3.8, 4) is 22.5 Å². The van der Waals surface area contributed by atoms with E-state index < -0.39 is 0 Å². The molecule has 0 saturated heterocycles. The number of aromatic amines is 1. The molecule has 3 aromatic heterocycles. The minimum Gasteiger partial charge on any atom is -0.275 e. The van der Waals surface area contributed by atoms with Crippen LogP contribution in [0.2, 0.25) is 0 Å². The molecule has 5 rings (SSSR count). The first-order chi connectivity index (χ1) is 13.7. The highest BCUT2D eigenvalue weighted by molar-refractivity contribution is 5.85. The highest BCUT2D eigenvalue weighted by Gasteiger charge is 2.42. The fourth-order valence-electron chi connectivity index (χ4n) is 5.03. The number of pyridine rings is 1. The van der Waals surface area contributed by atoms with Crippen molar-refractivity contribution in [2.75, 3.05) is 0 Å². The van der Waals surface area contributed by atoms with E-state index in [4.69, 9.17) is 4.98 Å². The molecule has 2 aliphatic carbocycles. The van der Waals surface area contributed by atoms with Crippen molar-refractivity contribution in [2.45, 2.75) is 70.1 Å². The van der Waals surface area contributed by atoms with Crippen LogP contribution in [0, 0.1) is 0 Å². The van der Waals surface area contributed by atoms with Gasteiger partial charge in [0.05, 0.1) is 17.5 Å². The molecular weight excluding hydrogens is 350 g/mol. The summed E-state index contributed by atoms with van der Waals surface area (Å²) in [6, 6.07) is 0. The van der Waals surface area contributed by atoms with Gasteiger partial charge in [0, 0.05) is 35.5 Å². The van der Waals surface area contributed by atoms with Gasteiger partial charge in [0.15, 0.2) is 5.82 Å². The molecule has 2 aliphatic rings. The lowest BCUT2D eigenvalue weighted by molar-refractivity contribution is 0.228. The zero-order valence-electron chi connectivity index (χ0n) is 16.7. The third-order valence-corrected chi connectivity index (χ3v) is 6.79. The first kappa shape index (κ1) is 17.5. The minimum absolute atomic E-state index is 0.139. The van der Waals surface area contributed by atoms with Crippen molar-refractivity contribution in [3.05, 3.63) is 29.3 Å². The number of nitrogens with one attached hydrogen (secondary N) is 1. The summed E-state index contributed by atoms with van der Waals surface area (Å²) in [7, 11) is 1.97. The molecule has 3 aromatic rings. The Morgan fingerprint density at radius 2 is 1.96 bits per heavy atom. The van der Waals surface area contributed by atoms with Gasteiger partial charge in [-0.1, -0.05) is 19.8 Å². The predicted octanol–water partition coefficient (Wildman–Crippen LogP) is 3.76. The lowest BCUT2D eigenvalue weighted by Gasteiger charge is -2.42. The third kappa shape index (κ3) is 2.67. The first-order valence-electron chi connectivity index (χ1n) is 10.5. The second-order valence-electron chi connectivity index (χ2n) is 8.34. The Labute approximate surface area is 165 Å². The number of tetrazole rings is 1. The molecule has 1 saturated carbocycles. The molecule has 1 N–H and O–H groups in total. The number of aromatic nitrogens is 7. The van der Waals surface area contributed by atoms with Crippen LogP contribution in [0.4, 0.5) is 0 Å². The van der Waals surface area contributed by atoms with Gasteiger partial charge in [-0.25, -0.2) is 5.10 Å². The molecule has 146 valence electrons. The van der Waals surface area contributed by atoms with Gasteiger partial charge in [-0.15, -0.1) is 5.10 Å². The van der Waals surface area contributed by atoms with Gasteiger partial charge in [-0.2, -0.15) is 5.10 Å². The van der Waals surface area contributed by atoms with Crippen LogP contribution in [-0.4, -0.2) is 35.4 Å². The van der Waals surface area contributed by atoms with Crippen molar-refractivity contribution in [3.63, 3.8) is 0 Å². The van der Waals surface area contributed by atoms with E-state index in [0.717, 1.165) is 36.2 Å². The van der Waals surface area contributed by atoms with Crippen LogP contribution in [0.3, 0.4) is 0 Å². The molecule has 0 bridgehead atoms. The van der Waals surface area contributed by atoms with E-state index in [-0.39, 0.29) is 5.41 Å². The molecule has 0 spiro atoms. The zero-order valence-corrected chi connectivity index (χ0v) is 16.7. The van der Waals surface area contributed by atoms with Gasteiger partial charge in [-0.05, 0) is 60.9 Å². The maximum absolute atomic E-state index is 5.34. The number of H-pyrrole nitrogens is 1. The van der Waals surface area contributed by atoms with Crippen LogP contribution in [-0.2, 0) is 25.3 Å². The van der Waals surface area contributed by atoms with E-state index >= 15 is 0 Å². The van der Waals surface area contributed by atoms with Crippen molar-refractivity contribution in [1.29, 1.82) is 0 Å². The topological polar surface area (TPSA) is 85.2 Å². The summed E-state index contributed by atoms with van der Waals surface area (Å²) in [5.74, 6) is 0.730. The Bertz CT molecular complexity index is 977. The monoisotopic (exact) mass is 377 g/mol. The van der Waals surface area contributed by atoms with Crippen LogP contribution in [0.15, 0.2) is 12.4 Å². The molecule has 0 aliphatic heterocycles. The van der Waals surface area contributed by atoms with Gasteiger partial charge >= 0.3 is 0 Å². The summed E-state index contributed by atoms with van der Waals surface area (Å²) in [6.07, 6.45) is 14.6. The van der Waals surface area contributed by atoms with Crippen LogP contribution >= 0.6 is 0 Å².